The smallest absolute Gasteiger partial charge is 0.249 e. The molecule has 136 valence electrons. The highest BCUT2D eigenvalue weighted by molar-refractivity contribution is 7.94. The molecule has 9 heteroatoms. The topological polar surface area (TPSA) is 125 Å². The number of aromatic amines is 1. The Labute approximate surface area is 146 Å². The van der Waals surface area contributed by atoms with Crippen LogP contribution in [0.5, 0.6) is 5.75 Å². The van der Waals surface area contributed by atoms with E-state index in [1.54, 1.807) is 32.0 Å². The van der Waals surface area contributed by atoms with E-state index in [-0.39, 0.29) is 17.5 Å². The molecule has 0 aliphatic carbocycles. The van der Waals surface area contributed by atoms with Crippen molar-refractivity contribution in [2.24, 2.45) is 0 Å². The number of nitrogens with zero attached hydrogens (tertiary/aromatic N) is 2. The van der Waals surface area contributed by atoms with Crippen molar-refractivity contribution < 1.29 is 18.3 Å². The minimum absolute atomic E-state index is 0.0104. The van der Waals surface area contributed by atoms with Gasteiger partial charge in [0.05, 0.1) is 10.8 Å². The van der Waals surface area contributed by atoms with Gasteiger partial charge in [-0.3, -0.25) is 15.2 Å². The molecule has 1 aromatic heterocycles. The second-order valence-electron chi connectivity index (χ2n) is 6.25. The Morgan fingerprint density at radius 3 is 2.60 bits per heavy atom. The van der Waals surface area contributed by atoms with Crippen molar-refractivity contribution in [2.45, 2.75) is 44.1 Å². The van der Waals surface area contributed by atoms with Crippen LogP contribution in [0.1, 0.15) is 34.1 Å². The standard InChI is InChI=1S/C16H22N4O4S/c1-5-10(2)25(23,24)16(3,4)14(22)18-15-17-13(19-20-15)11-8-6-7-9-12(11)21/h6-10,21H,5H2,1-4H3,(H2,17,18,19,20,22)/t10-/m0/s1. The number of carbonyl (C=O) groups is 1. The number of amides is 1. The number of para-hydroxylation sites is 1. The molecule has 25 heavy (non-hydrogen) atoms. The monoisotopic (exact) mass is 366 g/mol. The normalized spacial score (nSPS) is 13.4. The van der Waals surface area contributed by atoms with Crippen molar-refractivity contribution in [3.8, 4) is 17.1 Å². The van der Waals surface area contributed by atoms with Crippen LogP contribution in [0.4, 0.5) is 5.95 Å². The van der Waals surface area contributed by atoms with Crippen molar-refractivity contribution in [1.82, 2.24) is 15.2 Å². The van der Waals surface area contributed by atoms with Crippen LogP contribution in [-0.4, -0.2) is 44.6 Å². The minimum Gasteiger partial charge on any atom is -0.507 e. The number of nitrogens with one attached hydrogen (secondary N) is 2. The fourth-order valence-electron chi connectivity index (χ4n) is 2.22. The lowest BCUT2D eigenvalue weighted by molar-refractivity contribution is -0.117. The summed E-state index contributed by atoms with van der Waals surface area (Å²) in [4.78, 5) is 16.6. The largest absolute Gasteiger partial charge is 0.507 e. The number of carbonyl (C=O) groups excluding carboxylic acids is 1. The van der Waals surface area contributed by atoms with Gasteiger partial charge in [-0.15, -0.1) is 5.10 Å². The number of sulfone groups is 1. The molecule has 1 amide bonds. The molecule has 2 aromatic rings. The van der Waals surface area contributed by atoms with Crippen LogP contribution in [0.3, 0.4) is 0 Å². The Kier molecular flexibility index (Phi) is 5.17. The summed E-state index contributed by atoms with van der Waals surface area (Å²) >= 11 is 0. The Morgan fingerprint density at radius 1 is 1.36 bits per heavy atom. The van der Waals surface area contributed by atoms with Crippen molar-refractivity contribution in [1.29, 1.82) is 0 Å². The number of phenols is 1. The zero-order valence-electron chi connectivity index (χ0n) is 14.6. The van der Waals surface area contributed by atoms with Gasteiger partial charge in [-0.1, -0.05) is 19.1 Å². The van der Waals surface area contributed by atoms with E-state index in [9.17, 15) is 18.3 Å². The number of benzene rings is 1. The summed E-state index contributed by atoms with van der Waals surface area (Å²) in [6.07, 6.45) is 0.414. The molecule has 1 atom stereocenters. The van der Waals surface area contributed by atoms with Gasteiger partial charge in [0.25, 0.3) is 0 Å². The number of aromatic hydroxyl groups is 1. The summed E-state index contributed by atoms with van der Waals surface area (Å²) in [5.74, 6) is -0.501. The van der Waals surface area contributed by atoms with Crippen LogP contribution in [0.25, 0.3) is 11.4 Å². The van der Waals surface area contributed by atoms with Gasteiger partial charge in [0.2, 0.25) is 11.9 Å². The molecule has 1 heterocycles. The fraction of sp³-hybridized carbons (Fsp3) is 0.438. The molecular formula is C16H22N4O4S. The van der Waals surface area contributed by atoms with Gasteiger partial charge in [-0.2, -0.15) is 4.98 Å². The molecule has 0 aliphatic rings. The molecule has 0 spiro atoms. The van der Waals surface area contributed by atoms with E-state index in [2.05, 4.69) is 20.5 Å². The molecule has 0 fully saturated rings. The summed E-state index contributed by atoms with van der Waals surface area (Å²) in [6, 6.07) is 6.52. The Hall–Kier alpha value is -2.42. The van der Waals surface area contributed by atoms with E-state index >= 15 is 0 Å². The summed E-state index contributed by atoms with van der Waals surface area (Å²) < 4.78 is 23.5. The van der Waals surface area contributed by atoms with E-state index in [0.717, 1.165) is 0 Å². The summed E-state index contributed by atoms with van der Waals surface area (Å²) in [6.45, 7) is 6.05. The fourth-order valence-corrected chi connectivity index (χ4v) is 3.97. The highest BCUT2D eigenvalue weighted by atomic mass is 32.2. The maximum atomic E-state index is 12.5. The SMILES string of the molecule is CC[C@H](C)S(=O)(=O)C(C)(C)C(=O)Nc1n[nH]c(-c2ccccc2O)n1. The number of rotatable bonds is 6. The lowest BCUT2D eigenvalue weighted by atomic mass is 10.2. The van der Waals surface area contributed by atoms with Crippen molar-refractivity contribution >= 4 is 21.7 Å². The lowest BCUT2D eigenvalue weighted by Gasteiger charge is -2.26. The zero-order valence-corrected chi connectivity index (χ0v) is 15.4. The molecule has 0 bridgehead atoms. The van der Waals surface area contributed by atoms with Gasteiger partial charge in [-0.05, 0) is 39.3 Å². The van der Waals surface area contributed by atoms with E-state index < -0.39 is 25.7 Å². The van der Waals surface area contributed by atoms with Crippen LogP contribution >= 0.6 is 0 Å². The second-order valence-corrected chi connectivity index (χ2v) is 9.17. The first-order chi connectivity index (χ1) is 11.6. The molecule has 0 saturated heterocycles. The predicted octanol–water partition coefficient (Wildman–Crippen LogP) is 2.11. The number of anilines is 1. The van der Waals surface area contributed by atoms with Gasteiger partial charge >= 0.3 is 0 Å². The van der Waals surface area contributed by atoms with E-state index in [1.165, 1.54) is 19.9 Å². The van der Waals surface area contributed by atoms with Crippen LogP contribution in [-0.2, 0) is 14.6 Å². The highest BCUT2D eigenvalue weighted by Gasteiger charge is 2.44. The van der Waals surface area contributed by atoms with Crippen LogP contribution in [0.2, 0.25) is 0 Å². The molecule has 0 aliphatic heterocycles. The van der Waals surface area contributed by atoms with E-state index in [4.69, 9.17) is 0 Å². The molecule has 3 N–H and O–H groups in total. The Balaban J connectivity index is 2.23. The summed E-state index contributed by atoms with van der Waals surface area (Å²) in [5.41, 5.74) is 0.419. The molecule has 8 nitrogen and oxygen atoms in total. The molecule has 0 saturated carbocycles. The average molecular weight is 366 g/mol. The Bertz CT molecular complexity index is 874. The maximum Gasteiger partial charge on any atom is 0.249 e. The lowest BCUT2D eigenvalue weighted by Crippen LogP contribution is -2.48. The summed E-state index contributed by atoms with van der Waals surface area (Å²) in [5, 5.41) is 18.1. The molecule has 2 rings (SSSR count). The number of hydrogen-bond donors (Lipinski definition) is 3. The first-order valence-electron chi connectivity index (χ1n) is 7.87. The number of hydrogen-bond acceptors (Lipinski definition) is 6. The number of phenolic OH excluding ortho intramolecular Hbond substituents is 1. The third-order valence-electron chi connectivity index (χ3n) is 4.23. The van der Waals surface area contributed by atoms with Gasteiger partial charge in [0.15, 0.2) is 15.7 Å². The van der Waals surface area contributed by atoms with Crippen LogP contribution in [0, 0.1) is 0 Å². The second kappa shape index (κ2) is 6.83. The third-order valence-corrected chi connectivity index (χ3v) is 7.23. The number of aromatic nitrogens is 3. The Morgan fingerprint density at radius 2 is 2.00 bits per heavy atom. The van der Waals surface area contributed by atoms with Crippen molar-refractivity contribution in [2.75, 3.05) is 5.32 Å². The highest BCUT2D eigenvalue weighted by Crippen LogP contribution is 2.27. The van der Waals surface area contributed by atoms with Gasteiger partial charge in [0, 0.05) is 0 Å². The minimum atomic E-state index is -3.68. The maximum absolute atomic E-state index is 12.5. The molecule has 0 radical (unpaired) electrons. The van der Waals surface area contributed by atoms with E-state index in [1.807, 2.05) is 0 Å². The van der Waals surface area contributed by atoms with Gasteiger partial charge in [-0.25, -0.2) is 8.42 Å². The predicted molar refractivity (Wildman–Crippen MR) is 94.9 cm³/mol. The van der Waals surface area contributed by atoms with Gasteiger partial charge < -0.3 is 5.11 Å². The quantitative estimate of drug-likeness (QED) is 0.719. The number of H-pyrrole nitrogens is 1. The average Bonchev–Trinajstić information content (AvgIpc) is 3.02. The first kappa shape index (κ1) is 18.9. The van der Waals surface area contributed by atoms with E-state index in [0.29, 0.717) is 12.0 Å². The molecule has 0 unspecified atom stereocenters. The summed E-state index contributed by atoms with van der Waals surface area (Å²) in [7, 11) is -3.68. The van der Waals surface area contributed by atoms with Crippen LogP contribution < -0.4 is 5.32 Å². The first-order valence-corrected chi connectivity index (χ1v) is 9.41. The van der Waals surface area contributed by atoms with Crippen LogP contribution in [0.15, 0.2) is 24.3 Å². The molecule has 1 aromatic carbocycles. The van der Waals surface area contributed by atoms with Crippen molar-refractivity contribution in [3.63, 3.8) is 0 Å². The molecular weight excluding hydrogens is 344 g/mol. The van der Waals surface area contributed by atoms with Crippen molar-refractivity contribution in [3.05, 3.63) is 24.3 Å². The zero-order chi connectivity index (χ0) is 18.8. The third kappa shape index (κ3) is 3.51. The van der Waals surface area contributed by atoms with Gasteiger partial charge in [0.1, 0.15) is 10.5 Å².